The van der Waals surface area contributed by atoms with E-state index in [1.807, 2.05) is 32.0 Å². The van der Waals surface area contributed by atoms with Gasteiger partial charge in [0.05, 0.1) is 29.5 Å². The van der Waals surface area contributed by atoms with E-state index in [0.717, 1.165) is 16.8 Å². The normalized spacial score (nSPS) is 17.1. The summed E-state index contributed by atoms with van der Waals surface area (Å²) >= 11 is 0. The number of aryl methyl sites for hydroxylation is 2. The first kappa shape index (κ1) is 27.9. The fraction of sp³-hybridized carbons (Fsp3) is 0.440. The molecule has 1 saturated carbocycles. The van der Waals surface area contributed by atoms with E-state index >= 15 is 0 Å². The van der Waals surface area contributed by atoms with Crippen molar-refractivity contribution < 1.29 is 19.2 Å². The molecular formula is C25H29N7O4. The van der Waals surface area contributed by atoms with Crippen LogP contribution in [0.15, 0.2) is 28.4 Å². The van der Waals surface area contributed by atoms with Crippen molar-refractivity contribution in [1.29, 1.82) is 10.5 Å². The summed E-state index contributed by atoms with van der Waals surface area (Å²) in [7, 11) is 0. The quantitative estimate of drug-likeness (QED) is 0.423. The molecule has 188 valence electrons. The van der Waals surface area contributed by atoms with Gasteiger partial charge >= 0.3 is 0 Å². The molecule has 0 bridgehead atoms. The van der Waals surface area contributed by atoms with Crippen LogP contribution in [0.5, 0.6) is 0 Å². The smallest absolute Gasteiger partial charge is 0.254 e. The monoisotopic (exact) mass is 491 g/mol. The van der Waals surface area contributed by atoms with Crippen LogP contribution in [0.1, 0.15) is 62.5 Å². The number of amides is 3. The summed E-state index contributed by atoms with van der Waals surface area (Å²) in [6, 6.07) is 9.16. The largest absolute Gasteiger partial charge is 0.326 e. The van der Waals surface area contributed by atoms with E-state index in [9.17, 15) is 19.2 Å². The molecule has 0 saturated heterocycles. The summed E-state index contributed by atoms with van der Waals surface area (Å²) in [6.45, 7) is 3.81. The second kappa shape index (κ2) is 14.1. The van der Waals surface area contributed by atoms with Crippen molar-refractivity contribution in [2.45, 2.75) is 65.2 Å². The van der Waals surface area contributed by atoms with Crippen LogP contribution in [0.4, 0.5) is 5.69 Å². The topological polar surface area (TPSA) is 177 Å². The standard InChI is InChI=1S/C25H29N7O4/c1-16-6-3-7-17(2)25(16)28-21(34)11-5-10-20(33)24-18(29-31-22(35)12-14-26)8-4-9-19(24)30-32-23(36)13-15-27/h3,6-7,24H,4-5,8-13H2,1-2H3,(H,28,34)(H,31,35)(H,32,36)/b29-18-,30-19-. The Morgan fingerprint density at radius 2 is 1.42 bits per heavy atom. The molecule has 0 heterocycles. The minimum atomic E-state index is -0.884. The predicted octanol–water partition coefficient (Wildman–Crippen LogP) is 2.55. The number of carbonyl (C=O) groups excluding carboxylic acids is 4. The summed E-state index contributed by atoms with van der Waals surface area (Å²) in [5, 5.41) is 28.3. The first-order chi connectivity index (χ1) is 17.3. The zero-order valence-corrected chi connectivity index (χ0v) is 20.4. The highest BCUT2D eigenvalue weighted by Crippen LogP contribution is 2.23. The summed E-state index contributed by atoms with van der Waals surface area (Å²) in [4.78, 5) is 49.0. The van der Waals surface area contributed by atoms with E-state index < -0.39 is 17.7 Å². The average molecular weight is 492 g/mol. The Labute approximate surface area is 209 Å². The number of hydrogen-bond acceptors (Lipinski definition) is 8. The van der Waals surface area contributed by atoms with Gasteiger partial charge in [-0.1, -0.05) is 18.2 Å². The number of ketones is 1. The molecule has 1 aliphatic rings. The van der Waals surface area contributed by atoms with Gasteiger partial charge < -0.3 is 5.32 Å². The molecule has 0 aromatic heterocycles. The molecule has 36 heavy (non-hydrogen) atoms. The lowest BCUT2D eigenvalue weighted by Gasteiger charge is -2.25. The SMILES string of the molecule is Cc1cccc(C)c1NC(=O)CCCC(=O)C1/C(=N\NC(=O)CC#N)CCC/C1=N/NC(=O)CC#N. The van der Waals surface area contributed by atoms with Crippen molar-refractivity contribution >= 4 is 40.6 Å². The highest BCUT2D eigenvalue weighted by molar-refractivity contribution is 6.24. The summed E-state index contributed by atoms with van der Waals surface area (Å²) < 4.78 is 0. The summed E-state index contributed by atoms with van der Waals surface area (Å²) in [6.07, 6.45) is 1.13. The van der Waals surface area contributed by atoms with Crippen molar-refractivity contribution in [2.24, 2.45) is 16.1 Å². The number of nitrogens with one attached hydrogen (secondary N) is 3. The van der Waals surface area contributed by atoms with Crippen molar-refractivity contribution in [2.75, 3.05) is 5.32 Å². The van der Waals surface area contributed by atoms with Gasteiger partial charge in [0.25, 0.3) is 11.8 Å². The number of Topliss-reactive ketones (excluding diaryl/α,β-unsaturated/α-hetero) is 1. The molecule has 11 nitrogen and oxygen atoms in total. The highest BCUT2D eigenvalue weighted by atomic mass is 16.2. The molecule has 0 radical (unpaired) electrons. The maximum Gasteiger partial charge on any atom is 0.254 e. The number of carbonyl (C=O) groups is 4. The van der Waals surface area contributed by atoms with Crippen LogP contribution in [0, 0.1) is 42.4 Å². The Kier molecular flexibility index (Phi) is 10.9. The molecule has 0 aliphatic heterocycles. The van der Waals surface area contributed by atoms with Gasteiger partial charge in [-0.25, -0.2) is 10.9 Å². The zero-order valence-electron chi connectivity index (χ0n) is 20.4. The van der Waals surface area contributed by atoms with Crippen LogP contribution in [0.2, 0.25) is 0 Å². The summed E-state index contributed by atoms with van der Waals surface area (Å²) in [5.41, 5.74) is 7.94. The van der Waals surface area contributed by atoms with Gasteiger partial charge in [-0.3, -0.25) is 19.2 Å². The van der Waals surface area contributed by atoms with Crippen LogP contribution in [-0.2, 0) is 19.2 Å². The second-order valence-electron chi connectivity index (χ2n) is 8.37. The first-order valence-corrected chi connectivity index (χ1v) is 11.6. The number of anilines is 1. The molecule has 2 rings (SSSR count). The fourth-order valence-corrected chi connectivity index (χ4v) is 3.82. The van der Waals surface area contributed by atoms with Gasteiger partial charge in [0.1, 0.15) is 18.6 Å². The van der Waals surface area contributed by atoms with Gasteiger partial charge in [0, 0.05) is 18.5 Å². The third-order valence-corrected chi connectivity index (χ3v) is 5.55. The molecule has 3 N–H and O–H groups in total. The molecule has 1 aliphatic carbocycles. The number of rotatable bonds is 10. The van der Waals surface area contributed by atoms with Crippen molar-refractivity contribution in [3.05, 3.63) is 29.3 Å². The number of nitriles is 2. The van der Waals surface area contributed by atoms with Crippen molar-refractivity contribution in [3.63, 3.8) is 0 Å². The average Bonchev–Trinajstić information content (AvgIpc) is 2.84. The fourth-order valence-electron chi connectivity index (χ4n) is 3.82. The minimum Gasteiger partial charge on any atom is -0.326 e. The molecule has 0 spiro atoms. The van der Waals surface area contributed by atoms with Crippen LogP contribution < -0.4 is 16.2 Å². The Hall–Kier alpha value is -4.38. The number of para-hydroxylation sites is 1. The Balaban J connectivity index is 2.10. The Morgan fingerprint density at radius 1 is 0.889 bits per heavy atom. The van der Waals surface area contributed by atoms with E-state index in [0.29, 0.717) is 30.7 Å². The lowest BCUT2D eigenvalue weighted by molar-refractivity contribution is -0.121. The second-order valence-corrected chi connectivity index (χ2v) is 8.37. The predicted molar refractivity (Wildman–Crippen MR) is 132 cm³/mol. The first-order valence-electron chi connectivity index (χ1n) is 11.6. The molecular weight excluding hydrogens is 462 g/mol. The van der Waals surface area contributed by atoms with Gasteiger partial charge in [-0.15, -0.1) is 0 Å². The Morgan fingerprint density at radius 3 is 1.92 bits per heavy atom. The van der Waals surface area contributed by atoms with Gasteiger partial charge in [0.2, 0.25) is 5.91 Å². The zero-order chi connectivity index (χ0) is 26.5. The lowest BCUT2D eigenvalue weighted by atomic mass is 9.81. The van der Waals surface area contributed by atoms with Crippen LogP contribution in [-0.4, -0.2) is 34.9 Å². The maximum absolute atomic E-state index is 13.2. The number of hydrogen-bond donors (Lipinski definition) is 3. The van der Waals surface area contributed by atoms with Crippen LogP contribution in [0.3, 0.4) is 0 Å². The maximum atomic E-state index is 13.2. The highest BCUT2D eigenvalue weighted by Gasteiger charge is 2.33. The number of benzene rings is 1. The van der Waals surface area contributed by atoms with Crippen molar-refractivity contribution in [1.82, 2.24) is 10.9 Å². The Bertz CT molecular complexity index is 1090. The third kappa shape index (κ3) is 8.44. The molecule has 1 fully saturated rings. The molecule has 0 atom stereocenters. The van der Waals surface area contributed by atoms with Gasteiger partial charge in [-0.2, -0.15) is 20.7 Å². The van der Waals surface area contributed by atoms with Gasteiger partial charge in [-0.05, 0) is 50.7 Å². The number of hydrazone groups is 2. The molecule has 11 heteroatoms. The molecule has 3 amide bonds. The van der Waals surface area contributed by atoms with E-state index in [1.54, 1.807) is 12.1 Å². The van der Waals surface area contributed by atoms with Crippen molar-refractivity contribution in [3.8, 4) is 12.1 Å². The van der Waals surface area contributed by atoms with Crippen LogP contribution >= 0.6 is 0 Å². The molecule has 1 aromatic carbocycles. The van der Waals surface area contributed by atoms with Gasteiger partial charge in [0.15, 0.2) is 0 Å². The van der Waals surface area contributed by atoms with E-state index in [-0.39, 0.29) is 43.8 Å². The third-order valence-electron chi connectivity index (χ3n) is 5.55. The summed E-state index contributed by atoms with van der Waals surface area (Å²) in [5.74, 6) is -2.56. The van der Waals surface area contributed by atoms with E-state index in [1.165, 1.54) is 0 Å². The molecule has 0 unspecified atom stereocenters. The molecule has 1 aromatic rings. The number of nitrogens with zero attached hydrogens (tertiary/aromatic N) is 4. The van der Waals surface area contributed by atoms with E-state index in [2.05, 4.69) is 26.4 Å². The lowest BCUT2D eigenvalue weighted by Crippen LogP contribution is -2.38. The van der Waals surface area contributed by atoms with Crippen LogP contribution in [0.25, 0.3) is 0 Å². The minimum absolute atomic E-state index is 0.0567. The van der Waals surface area contributed by atoms with E-state index in [4.69, 9.17) is 10.5 Å².